The highest BCUT2D eigenvalue weighted by Gasteiger charge is 2.33. The summed E-state index contributed by atoms with van der Waals surface area (Å²) >= 11 is 0. The number of fused-ring (bicyclic) bond motifs is 1. The van der Waals surface area contributed by atoms with Gasteiger partial charge in [0.1, 0.15) is 5.75 Å². The Morgan fingerprint density at radius 3 is 2.00 bits per heavy atom. The van der Waals surface area contributed by atoms with Crippen molar-refractivity contribution >= 4 is 5.91 Å². The van der Waals surface area contributed by atoms with E-state index in [1.165, 1.54) is 24.3 Å². The maximum absolute atomic E-state index is 13.9. The van der Waals surface area contributed by atoms with E-state index in [1.54, 1.807) is 0 Å². The second kappa shape index (κ2) is 14.1. The van der Waals surface area contributed by atoms with Crippen LogP contribution in [0.1, 0.15) is 60.8 Å². The van der Waals surface area contributed by atoms with E-state index in [-0.39, 0.29) is 17.7 Å². The van der Waals surface area contributed by atoms with Crippen LogP contribution in [0.25, 0.3) is 0 Å². The van der Waals surface area contributed by atoms with Crippen molar-refractivity contribution in [2.45, 2.75) is 53.2 Å². The van der Waals surface area contributed by atoms with Crippen molar-refractivity contribution in [1.29, 1.82) is 0 Å². The van der Waals surface area contributed by atoms with Crippen LogP contribution in [0.2, 0.25) is 0 Å². The number of benzene rings is 3. The fourth-order valence-corrected chi connectivity index (χ4v) is 5.10. The zero-order valence-corrected chi connectivity index (χ0v) is 24.0. The number of halogens is 2. The van der Waals surface area contributed by atoms with E-state index in [9.17, 15) is 13.6 Å². The molecule has 41 heavy (non-hydrogen) atoms. The van der Waals surface area contributed by atoms with Gasteiger partial charge in [-0.25, -0.2) is 0 Å². The van der Waals surface area contributed by atoms with Crippen LogP contribution in [-0.4, -0.2) is 50.4 Å². The molecule has 0 aromatic heterocycles. The molecular weight excluding hydrogens is 532 g/mol. The van der Waals surface area contributed by atoms with Crippen molar-refractivity contribution in [2.75, 3.05) is 33.0 Å². The molecule has 1 aliphatic heterocycles. The lowest BCUT2D eigenvalue weighted by molar-refractivity contribution is -0.0498. The molecule has 0 N–H and O–H groups in total. The second-order valence-electron chi connectivity index (χ2n) is 9.38. The largest absolute Gasteiger partial charge is 0.490 e. The minimum Gasteiger partial charge on any atom is -0.490 e. The van der Waals surface area contributed by atoms with Gasteiger partial charge in [0.2, 0.25) is 0 Å². The van der Waals surface area contributed by atoms with Crippen LogP contribution in [0.3, 0.4) is 0 Å². The molecule has 1 aliphatic rings. The van der Waals surface area contributed by atoms with E-state index < -0.39 is 6.61 Å². The standard InChI is InChI=1S/C32H37F2NO6/c1-5-37-27-14-9-21(18-28(27)38-6-2)17-26-25-20-30(40-8-4)29(39-7-3)19-23(25)15-16-35(26)31(36)22-10-12-24(13-11-22)41-32(33)34/h9-14,18-20,26,32H,5-8,15-17H2,1-4H3/t26-/m0/s1. The quantitative estimate of drug-likeness (QED) is 0.224. The van der Waals surface area contributed by atoms with Gasteiger partial charge in [0.25, 0.3) is 5.91 Å². The first-order valence-corrected chi connectivity index (χ1v) is 14.0. The van der Waals surface area contributed by atoms with Gasteiger partial charge in [-0.3, -0.25) is 4.79 Å². The third-order valence-electron chi connectivity index (χ3n) is 6.79. The van der Waals surface area contributed by atoms with Crippen molar-refractivity contribution in [2.24, 2.45) is 0 Å². The van der Waals surface area contributed by atoms with E-state index in [0.29, 0.717) is 74.4 Å². The molecule has 0 fully saturated rings. The molecule has 0 unspecified atom stereocenters. The average molecular weight is 570 g/mol. The van der Waals surface area contributed by atoms with Crippen LogP contribution >= 0.6 is 0 Å². The number of nitrogens with zero attached hydrogens (tertiary/aromatic N) is 1. The summed E-state index contributed by atoms with van der Waals surface area (Å²) in [6.45, 7) is 7.20. The Kier molecular flexibility index (Phi) is 10.3. The van der Waals surface area contributed by atoms with Gasteiger partial charge in [0, 0.05) is 12.1 Å². The third kappa shape index (κ3) is 7.20. The first kappa shape index (κ1) is 30.0. The molecule has 0 saturated carbocycles. The van der Waals surface area contributed by atoms with E-state index in [0.717, 1.165) is 16.7 Å². The minimum absolute atomic E-state index is 0.000240. The minimum atomic E-state index is -2.93. The summed E-state index contributed by atoms with van der Waals surface area (Å²) in [6.07, 6.45) is 1.14. The number of carbonyl (C=O) groups excluding carboxylic acids is 1. The third-order valence-corrected chi connectivity index (χ3v) is 6.79. The average Bonchev–Trinajstić information content (AvgIpc) is 2.95. The number of rotatable bonds is 13. The highest BCUT2D eigenvalue weighted by Crippen LogP contribution is 2.41. The van der Waals surface area contributed by atoms with Gasteiger partial charge in [-0.05, 0) is 106 Å². The number of alkyl halides is 2. The predicted octanol–water partition coefficient (Wildman–Crippen LogP) is 6.87. The van der Waals surface area contributed by atoms with E-state index in [4.69, 9.17) is 18.9 Å². The number of carbonyl (C=O) groups is 1. The molecule has 0 saturated heterocycles. The lowest BCUT2D eigenvalue weighted by atomic mass is 9.87. The Morgan fingerprint density at radius 2 is 1.39 bits per heavy atom. The Bertz CT molecular complexity index is 1310. The van der Waals surface area contributed by atoms with Gasteiger partial charge in [-0.15, -0.1) is 0 Å². The van der Waals surface area contributed by atoms with Gasteiger partial charge in [-0.1, -0.05) is 6.07 Å². The number of hydrogen-bond acceptors (Lipinski definition) is 6. The van der Waals surface area contributed by atoms with Crippen LogP contribution < -0.4 is 23.7 Å². The second-order valence-corrected chi connectivity index (χ2v) is 9.38. The number of ether oxygens (including phenoxy) is 5. The first-order chi connectivity index (χ1) is 19.9. The molecule has 220 valence electrons. The summed E-state index contributed by atoms with van der Waals surface area (Å²) in [4.78, 5) is 15.7. The first-order valence-electron chi connectivity index (χ1n) is 14.0. The molecule has 4 rings (SSSR count). The summed E-state index contributed by atoms with van der Waals surface area (Å²) in [5.74, 6) is 2.42. The van der Waals surface area contributed by atoms with E-state index >= 15 is 0 Å². The molecule has 3 aromatic rings. The summed E-state index contributed by atoms with van der Waals surface area (Å²) in [5.41, 5.74) is 3.42. The van der Waals surface area contributed by atoms with Gasteiger partial charge >= 0.3 is 6.61 Å². The normalized spacial score (nSPS) is 14.4. The van der Waals surface area contributed by atoms with Gasteiger partial charge in [0.05, 0.1) is 32.5 Å². The lowest BCUT2D eigenvalue weighted by Gasteiger charge is -2.38. The van der Waals surface area contributed by atoms with E-state index in [2.05, 4.69) is 4.74 Å². The Labute approximate surface area is 239 Å². The molecule has 3 aromatic carbocycles. The van der Waals surface area contributed by atoms with E-state index in [1.807, 2.05) is 62.9 Å². The fourth-order valence-electron chi connectivity index (χ4n) is 5.10. The maximum atomic E-state index is 13.9. The summed E-state index contributed by atoms with van der Waals surface area (Å²) < 4.78 is 53.2. The molecule has 9 heteroatoms. The van der Waals surface area contributed by atoms with Crippen molar-refractivity contribution in [3.8, 4) is 28.7 Å². The molecule has 1 heterocycles. The van der Waals surface area contributed by atoms with Crippen LogP contribution in [0, 0.1) is 0 Å². The summed E-state index contributed by atoms with van der Waals surface area (Å²) in [6, 6.07) is 15.3. The Balaban J connectivity index is 1.74. The number of amides is 1. The smallest absolute Gasteiger partial charge is 0.387 e. The lowest BCUT2D eigenvalue weighted by Crippen LogP contribution is -2.41. The van der Waals surface area contributed by atoms with Crippen molar-refractivity contribution in [1.82, 2.24) is 4.90 Å². The summed E-state index contributed by atoms with van der Waals surface area (Å²) in [7, 11) is 0. The molecule has 0 spiro atoms. The SMILES string of the molecule is CCOc1ccc(C[C@H]2c3cc(OCC)c(OCC)cc3CCN2C(=O)c2ccc(OC(F)F)cc2)cc1OCC. The number of hydrogen-bond donors (Lipinski definition) is 0. The van der Waals surface area contributed by atoms with Crippen LogP contribution in [-0.2, 0) is 12.8 Å². The monoisotopic (exact) mass is 569 g/mol. The molecule has 1 amide bonds. The fraction of sp³-hybridized carbons (Fsp3) is 0.406. The van der Waals surface area contributed by atoms with Gasteiger partial charge in [-0.2, -0.15) is 8.78 Å². The topological polar surface area (TPSA) is 66.5 Å². The maximum Gasteiger partial charge on any atom is 0.387 e. The van der Waals surface area contributed by atoms with Crippen LogP contribution in [0.5, 0.6) is 28.7 Å². The Hall–Kier alpha value is -4.01. The van der Waals surface area contributed by atoms with Gasteiger partial charge < -0.3 is 28.6 Å². The Morgan fingerprint density at radius 1 is 0.805 bits per heavy atom. The van der Waals surface area contributed by atoms with Crippen molar-refractivity contribution in [3.63, 3.8) is 0 Å². The zero-order chi connectivity index (χ0) is 29.4. The van der Waals surface area contributed by atoms with Gasteiger partial charge in [0.15, 0.2) is 23.0 Å². The van der Waals surface area contributed by atoms with Crippen molar-refractivity contribution in [3.05, 3.63) is 76.9 Å². The predicted molar refractivity (Wildman–Crippen MR) is 152 cm³/mol. The van der Waals surface area contributed by atoms with Crippen LogP contribution in [0.15, 0.2) is 54.6 Å². The molecule has 7 nitrogen and oxygen atoms in total. The molecular formula is C32H37F2NO6. The summed E-state index contributed by atoms with van der Waals surface area (Å²) in [5, 5.41) is 0. The molecule has 0 radical (unpaired) electrons. The van der Waals surface area contributed by atoms with Crippen LogP contribution in [0.4, 0.5) is 8.78 Å². The highest BCUT2D eigenvalue weighted by atomic mass is 19.3. The molecule has 0 bridgehead atoms. The molecule has 0 aliphatic carbocycles. The molecule has 1 atom stereocenters. The zero-order valence-electron chi connectivity index (χ0n) is 24.0. The highest BCUT2D eigenvalue weighted by molar-refractivity contribution is 5.95. The van der Waals surface area contributed by atoms with Crippen molar-refractivity contribution < 1.29 is 37.3 Å².